The number of carbonyl (C=O) groups is 1. The van der Waals surface area contributed by atoms with Crippen LogP contribution in [0.25, 0.3) is 10.2 Å². The lowest BCUT2D eigenvalue weighted by Crippen LogP contribution is -2.30. The van der Waals surface area contributed by atoms with Crippen LogP contribution >= 0.6 is 23.1 Å². The molecule has 6 nitrogen and oxygen atoms in total. The van der Waals surface area contributed by atoms with E-state index in [1.807, 2.05) is 31.2 Å². The second-order valence-corrected chi connectivity index (χ2v) is 10.8. The third-order valence-electron chi connectivity index (χ3n) is 3.74. The first-order chi connectivity index (χ1) is 13.2. The summed E-state index contributed by atoms with van der Waals surface area (Å²) in [7, 11) is -3.55. The number of benzene rings is 2. The summed E-state index contributed by atoms with van der Waals surface area (Å²) < 4.78 is 28.8. The number of para-hydroxylation sites is 1. The number of anilines is 1. The van der Waals surface area contributed by atoms with Crippen molar-refractivity contribution in [1.82, 2.24) is 9.71 Å². The highest BCUT2D eigenvalue weighted by molar-refractivity contribution is 8.02. The van der Waals surface area contributed by atoms with Gasteiger partial charge in [0.2, 0.25) is 15.9 Å². The van der Waals surface area contributed by atoms with Gasteiger partial charge in [-0.2, -0.15) is 0 Å². The maximum Gasteiger partial charge on any atom is 0.240 e. The Kier molecular flexibility index (Phi) is 6.39. The molecule has 0 saturated heterocycles. The van der Waals surface area contributed by atoms with Gasteiger partial charge in [0, 0.05) is 11.7 Å². The number of thioether (sulfide) groups is 1. The Morgan fingerprint density at radius 2 is 1.75 bits per heavy atom. The molecule has 3 rings (SSSR count). The largest absolute Gasteiger partial charge is 0.325 e. The number of nitrogens with one attached hydrogen (secondary N) is 2. The van der Waals surface area contributed by atoms with Gasteiger partial charge in [-0.25, -0.2) is 18.1 Å². The Balaban J connectivity index is 1.63. The standard InChI is InChI=1S/C19H21N3O3S3/c1-12(2)22-28(24,25)15-10-8-14(9-11-15)20-18(23)13(3)26-19-21-16-6-4-5-7-17(16)27-19/h4-13,22H,1-3H3,(H,20,23)/t13-/m1/s1. The highest BCUT2D eigenvalue weighted by Crippen LogP contribution is 2.32. The van der Waals surface area contributed by atoms with Crippen molar-refractivity contribution in [2.45, 2.75) is 41.3 Å². The van der Waals surface area contributed by atoms with Crippen LogP contribution in [-0.4, -0.2) is 30.6 Å². The first kappa shape index (κ1) is 20.8. The summed E-state index contributed by atoms with van der Waals surface area (Å²) in [6.45, 7) is 5.34. The highest BCUT2D eigenvalue weighted by Gasteiger charge is 2.18. The number of carbonyl (C=O) groups excluding carboxylic acids is 1. The third-order valence-corrected chi connectivity index (χ3v) is 7.65. The molecule has 0 aliphatic carbocycles. The van der Waals surface area contributed by atoms with Crippen molar-refractivity contribution in [3.05, 3.63) is 48.5 Å². The second kappa shape index (κ2) is 8.60. The Morgan fingerprint density at radius 1 is 1.07 bits per heavy atom. The fourth-order valence-electron chi connectivity index (χ4n) is 2.45. The number of amides is 1. The molecule has 2 N–H and O–H groups in total. The molecule has 1 aromatic heterocycles. The molecule has 0 radical (unpaired) electrons. The molecule has 0 aliphatic rings. The molecule has 0 bridgehead atoms. The van der Waals surface area contributed by atoms with Crippen LogP contribution < -0.4 is 10.0 Å². The average Bonchev–Trinajstić information content (AvgIpc) is 3.03. The summed E-state index contributed by atoms with van der Waals surface area (Å²) in [5.41, 5.74) is 1.47. The van der Waals surface area contributed by atoms with Gasteiger partial charge in [-0.3, -0.25) is 4.79 Å². The first-order valence-corrected chi connectivity index (χ1v) is 11.9. The molecule has 1 atom stereocenters. The molecule has 9 heteroatoms. The van der Waals surface area contributed by atoms with E-state index in [0.29, 0.717) is 5.69 Å². The number of fused-ring (bicyclic) bond motifs is 1. The van der Waals surface area contributed by atoms with Crippen LogP contribution in [0.1, 0.15) is 20.8 Å². The number of hydrogen-bond acceptors (Lipinski definition) is 6. The van der Waals surface area contributed by atoms with Gasteiger partial charge in [0.25, 0.3) is 0 Å². The summed E-state index contributed by atoms with van der Waals surface area (Å²) in [6, 6.07) is 13.8. The quantitative estimate of drug-likeness (QED) is 0.546. The van der Waals surface area contributed by atoms with Crippen molar-refractivity contribution in [3.8, 4) is 0 Å². The van der Waals surface area contributed by atoms with Gasteiger partial charge in [0.1, 0.15) is 0 Å². The average molecular weight is 436 g/mol. The molecule has 148 valence electrons. The minimum absolute atomic E-state index is 0.163. The van der Waals surface area contributed by atoms with E-state index in [4.69, 9.17) is 0 Å². The lowest BCUT2D eigenvalue weighted by atomic mass is 10.3. The van der Waals surface area contributed by atoms with Crippen LogP contribution in [0.4, 0.5) is 5.69 Å². The zero-order valence-corrected chi connectivity index (χ0v) is 18.1. The topological polar surface area (TPSA) is 88.2 Å². The fourth-order valence-corrected chi connectivity index (χ4v) is 5.91. The molecule has 3 aromatic rings. The van der Waals surface area contributed by atoms with Crippen LogP contribution in [0, 0.1) is 0 Å². The second-order valence-electron chi connectivity index (χ2n) is 6.50. The van der Waals surface area contributed by atoms with E-state index in [-0.39, 0.29) is 22.1 Å². The normalized spacial score (nSPS) is 13.0. The lowest BCUT2D eigenvalue weighted by molar-refractivity contribution is -0.115. The van der Waals surface area contributed by atoms with Gasteiger partial charge in [-0.15, -0.1) is 11.3 Å². The number of sulfonamides is 1. The molecule has 1 amide bonds. The minimum atomic E-state index is -3.55. The molecule has 0 fully saturated rings. The third kappa shape index (κ3) is 5.11. The van der Waals surface area contributed by atoms with Gasteiger partial charge < -0.3 is 5.32 Å². The Hall–Kier alpha value is -1.94. The van der Waals surface area contributed by atoms with Crippen LogP contribution in [0.5, 0.6) is 0 Å². The Morgan fingerprint density at radius 3 is 2.39 bits per heavy atom. The molecule has 2 aromatic carbocycles. The van der Waals surface area contributed by atoms with E-state index in [1.54, 1.807) is 37.3 Å². The number of thiazole rings is 1. The minimum Gasteiger partial charge on any atom is -0.325 e. The molecule has 1 heterocycles. The highest BCUT2D eigenvalue weighted by atomic mass is 32.2. The van der Waals surface area contributed by atoms with Gasteiger partial charge in [0.15, 0.2) is 4.34 Å². The van der Waals surface area contributed by atoms with E-state index < -0.39 is 10.0 Å². The van der Waals surface area contributed by atoms with Gasteiger partial charge in [0.05, 0.1) is 20.4 Å². The molecular weight excluding hydrogens is 414 g/mol. The van der Waals surface area contributed by atoms with Crippen LogP contribution in [0.2, 0.25) is 0 Å². The molecule has 0 aliphatic heterocycles. The molecule has 0 spiro atoms. The lowest BCUT2D eigenvalue weighted by Gasteiger charge is -2.12. The number of rotatable bonds is 7. The summed E-state index contributed by atoms with van der Waals surface area (Å²) in [5.74, 6) is -0.167. The van der Waals surface area contributed by atoms with Crippen molar-refractivity contribution in [2.75, 3.05) is 5.32 Å². The van der Waals surface area contributed by atoms with Crippen molar-refractivity contribution < 1.29 is 13.2 Å². The maximum absolute atomic E-state index is 12.5. The molecule has 28 heavy (non-hydrogen) atoms. The summed E-state index contributed by atoms with van der Waals surface area (Å²) >= 11 is 2.96. The summed E-state index contributed by atoms with van der Waals surface area (Å²) in [4.78, 5) is 17.2. The maximum atomic E-state index is 12.5. The van der Waals surface area contributed by atoms with Crippen molar-refractivity contribution >= 4 is 54.9 Å². The van der Waals surface area contributed by atoms with Crippen molar-refractivity contribution in [1.29, 1.82) is 0 Å². The number of aromatic nitrogens is 1. The van der Waals surface area contributed by atoms with Crippen LogP contribution in [0.15, 0.2) is 57.8 Å². The van der Waals surface area contributed by atoms with E-state index in [0.717, 1.165) is 14.6 Å². The molecule has 0 saturated carbocycles. The monoisotopic (exact) mass is 435 g/mol. The zero-order valence-electron chi connectivity index (χ0n) is 15.7. The van der Waals surface area contributed by atoms with Crippen molar-refractivity contribution in [2.24, 2.45) is 0 Å². The SMILES string of the molecule is CC(C)NS(=O)(=O)c1ccc(NC(=O)[C@@H](C)Sc2nc3ccccc3s2)cc1. The van der Waals surface area contributed by atoms with Crippen molar-refractivity contribution in [3.63, 3.8) is 0 Å². The molecule has 0 unspecified atom stereocenters. The Labute approximate surface area is 172 Å². The predicted octanol–water partition coefficient (Wildman–Crippen LogP) is 4.10. The van der Waals surface area contributed by atoms with Gasteiger partial charge >= 0.3 is 0 Å². The Bertz CT molecular complexity index is 1040. The van der Waals surface area contributed by atoms with Gasteiger partial charge in [-0.1, -0.05) is 23.9 Å². The number of nitrogens with zero attached hydrogens (tertiary/aromatic N) is 1. The van der Waals surface area contributed by atoms with Crippen LogP contribution in [0.3, 0.4) is 0 Å². The summed E-state index contributed by atoms with van der Waals surface area (Å²) in [5, 5.41) is 2.48. The first-order valence-electron chi connectivity index (χ1n) is 8.70. The molecular formula is C19H21N3O3S3. The number of hydrogen-bond donors (Lipinski definition) is 2. The van der Waals surface area contributed by atoms with Gasteiger partial charge in [-0.05, 0) is 57.2 Å². The zero-order chi connectivity index (χ0) is 20.3. The fraction of sp³-hybridized carbons (Fsp3) is 0.263. The van der Waals surface area contributed by atoms with Crippen LogP contribution in [-0.2, 0) is 14.8 Å². The van der Waals surface area contributed by atoms with E-state index in [1.165, 1.54) is 23.9 Å². The summed E-state index contributed by atoms with van der Waals surface area (Å²) in [6.07, 6.45) is 0. The van der Waals surface area contributed by atoms with E-state index in [9.17, 15) is 13.2 Å². The van der Waals surface area contributed by atoms with E-state index in [2.05, 4.69) is 15.0 Å². The predicted molar refractivity (Wildman–Crippen MR) is 115 cm³/mol. The van der Waals surface area contributed by atoms with E-state index >= 15 is 0 Å². The smallest absolute Gasteiger partial charge is 0.240 e.